The smallest absolute Gasteiger partial charge is 0.126 e. The molecule has 2 bridgehead atoms. The number of nitrogens with one attached hydrogen (secondary N) is 2. The van der Waals surface area contributed by atoms with E-state index >= 15 is 0 Å². The third kappa shape index (κ3) is 2.05. The first-order valence-electron chi connectivity index (χ1n) is 6.25. The van der Waals surface area contributed by atoms with Gasteiger partial charge in [-0.3, -0.25) is 0 Å². The molecule has 3 heteroatoms. The summed E-state index contributed by atoms with van der Waals surface area (Å²) in [6.45, 7) is 2.11. The van der Waals surface area contributed by atoms with Crippen LogP contribution in [0, 0.1) is 6.92 Å². The van der Waals surface area contributed by atoms with Crippen molar-refractivity contribution in [1.29, 1.82) is 0 Å². The van der Waals surface area contributed by atoms with Gasteiger partial charge in [-0.2, -0.15) is 0 Å². The van der Waals surface area contributed by atoms with Crippen LogP contribution in [0.15, 0.2) is 18.3 Å². The number of anilines is 1. The van der Waals surface area contributed by atoms with Crippen molar-refractivity contribution in [1.82, 2.24) is 10.3 Å². The van der Waals surface area contributed by atoms with Crippen LogP contribution in [0.2, 0.25) is 0 Å². The molecule has 1 aromatic rings. The summed E-state index contributed by atoms with van der Waals surface area (Å²) in [6.07, 6.45) is 7.07. The Balaban J connectivity index is 1.67. The second-order valence-electron chi connectivity index (χ2n) is 5.17. The van der Waals surface area contributed by atoms with Crippen LogP contribution in [0.25, 0.3) is 0 Å². The lowest BCUT2D eigenvalue weighted by Gasteiger charge is -2.30. The third-order valence-corrected chi connectivity index (χ3v) is 3.74. The van der Waals surface area contributed by atoms with Gasteiger partial charge in [-0.1, -0.05) is 0 Å². The fourth-order valence-corrected chi connectivity index (χ4v) is 3.00. The van der Waals surface area contributed by atoms with Gasteiger partial charge in [0.05, 0.1) is 0 Å². The number of rotatable bonds is 2. The highest BCUT2D eigenvalue weighted by Crippen LogP contribution is 2.28. The molecule has 3 heterocycles. The molecule has 0 aliphatic carbocycles. The van der Waals surface area contributed by atoms with E-state index < -0.39 is 0 Å². The van der Waals surface area contributed by atoms with Crippen LogP contribution >= 0.6 is 0 Å². The van der Waals surface area contributed by atoms with Gasteiger partial charge in [-0.15, -0.1) is 0 Å². The van der Waals surface area contributed by atoms with Crippen molar-refractivity contribution in [3.05, 3.63) is 23.9 Å². The summed E-state index contributed by atoms with van der Waals surface area (Å²) in [5.74, 6) is 1.03. The minimum atomic E-state index is 0.605. The first-order valence-corrected chi connectivity index (χ1v) is 6.25. The predicted molar refractivity (Wildman–Crippen MR) is 65.6 cm³/mol. The SMILES string of the molecule is Cc1ccnc(NC2CC3CCC(C2)N3)c1. The van der Waals surface area contributed by atoms with Gasteiger partial charge in [0.1, 0.15) is 5.82 Å². The number of hydrogen-bond donors (Lipinski definition) is 2. The third-order valence-electron chi connectivity index (χ3n) is 3.74. The van der Waals surface area contributed by atoms with Crippen molar-refractivity contribution in [2.45, 2.75) is 50.7 Å². The number of pyridine rings is 1. The molecule has 2 saturated heterocycles. The molecule has 1 aromatic heterocycles. The van der Waals surface area contributed by atoms with Crippen molar-refractivity contribution >= 4 is 5.82 Å². The van der Waals surface area contributed by atoms with Crippen molar-refractivity contribution in [2.24, 2.45) is 0 Å². The average Bonchev–Trinajstić information content (AvgIpc) is 2.58. The normalized spacial score (nSPS) is 32.7. The maximum absolute atomic E-state index is 4.37. The van der Waals surface area contributed by atoms with Crippen LogP contribution in [0.4, 0.5) is 5.82 Å². The van der Waals surface area contributed by atoms with E-state index in [0.717, 1.165) is 17.9 Å². The van der Waals surface area contributed by atoms with Gasteiger partial charge in [-0.05, 0) is 50.3 Å². The Morgan fingerprint density at radius 2 is 2.06 bits per heavy atom. The Hall–Kier alpha value is -1.09. The molecule has 2 fully saturated rings. The van der Waals surface area contributed by atoms with Gasteiger partial charge in [0, 0.05) is 24.3 Å². The first kappa shape index (κ1) is 10.1. The molecule has 16 heavy (non-hydrogen) atoms. The van der Waals surface area contributed by atoms with E-state index in [4.69, 9.17) is 0 Å². The van der Waals surface area contributed by atoms with Crippen molar-refractivity contribution in [2.75, 3.05) is 5.32 Å². The molecule has 0 spiro atoms. The molecular formula is C13H19N3. The number of hydrogen-bond acceptors (Lipinski definition) is 3. The minimum Gasteiger partial charge on any atom is -0.367 e. The molecule has 0 aromatic carbocycles. The predicted octanol–water partition coefficient (Wildman–Crippen LogP) is 2.08. The Kier molecular flexibility index (Phi) is 2.56. The molecule has 2 atom stereocenters. The molecule has 86 valence electrons. The summed E-state index contributed by atoms with van der Waals surface area (Å²) < 4.78 is 0. The largest absolute Gasteiger partial charge is 0.367 e. The van der Waals surface area contributed by atoms with E-state index in [9.17, 15) is 0 Å². The van der Waals surface area contributed by atoms with Crippen LogP contribution < -0.4 is 10.6 Å². The summed E-state index contributed by atoms with van der Waals surface area (Å²) in [7, 11) is 0. The second-order valence-corrected chi connectivity index (χ2v) is 5.17. The average molecular weight is 217 g/mol. The van der Waals surface area contributed by atoms with Crippen molar-refractivity contribution in [3.63, 3.8) is 0 Å². The molecule has 2 unspecified atom stereocenters. The molecule has 2 aliphatic rings. The topological polar surface area (TPSA) is 37.0 Å². The molecule has 0 amide bonds. The van der Waals surface area contributed by atoms with Crippen molar-refractivity contribution in [3.8, 4) is 0 Å². The van der Waals surface area contributed by atoms with Crippen LogP contribution in [0.5, 0.6) is 0 Å². The van der Waals surface area contributed by atoms with Gasteiger partial charge in [0.15, 0.2) is 0 Å². The fourth-order valence-electron chi connectivity index (χ4n) is 3.00. The monoisotopic (exact) mass is 217 g/mol. The van der Waals surface area contributed by atoms with Crippen LogP contribution in [0.1, 0.15) is 31.2 Å². The second kappa shape index (κ2) is 4.06. The van der Waals surface area contributed by atoms with Crippen LogP contribution in [-0.4, -0.2) is 23.1 Å². The van der Waals surface area contributed by atoms with Gasteiger partial charge in [0.25, 0.3) is 0 Å². The Labute approximate surface area is 96.7 Å². The van der Waals surface area contributed by atoms with E-state index in [1.165, 1.54) is 31.2 Å². The molecule has 2 N–H and O–H groups in total. The summed E-state index contributed by atoms with van der Waals surface area (Å²) in [5.41, 5.74) is 1.27. The van der Waals surface area contributed by atoms with E-state index in [1.54, 1.807) is 0 Å². The van der Waals surface area contributed by atoms with Gasteiger partial charge in [0.2, 0.25) is 0 Å². The van der Waals surface area contributed by atoms with Crippen molar-refractivity contribution < 1.29 is 0 Å². The quantitative estimate of drug-likeness (QED) is 0.796. The molecule has 2 aliphatic heterocycles. The molecule has 3 rings (SSSR count). The molecular weight excluding hydrogens is 198 g/mol. The zero-order chi connectivity index (χ0) is 11.0. The molecule has 0 radical (unpaired) electrons. The first-order chi connectivity index (χ1) is 7.79. The summed E-state index contributed by atoms with van der Waals surface area (Å²) in [4.78, 5) is 4.37. The summed E-state index contributed by atoms with van der Waals surface area (Å²) >= 11 is 0. The lowest BCUT2D eigenvalue weighted by molar-refractivity contribution is 0.377. The number of piperidine rings is 1. The number of aryl methyl sites for hydroxylation is 1. The van der Waals surface area contributed by atoms with E-state index in [-0.39, 0.29) is 0 Å². The summed E-state index contributed by atoms with van der Waals surface area (Å²) in [5, 5.41) is 7.23. The number of fused-ring (bicyclic) bond motifs is 2. The van der Waals surface area contributed by atoms with Crippen LogP contribution in [0.3, 0.4) is 0 Å². The van der Waals surface area contributed by atoms with Gasteiger partial charge >= 0.3 is 0 Å². The molecule has 3 nitrogen and oxygen atoms in total. The highest BCUT2D eigenvalue weighted by atomic mass is 15.1. The van der Waals surface area contributed by atoms with Gasteiger partial charge in [-0.25, -0.2) is 4.98 Å². The lowest BCUT2D eigenvalue weighted by atomic mass is 10.00. The Morgan fingerprint density at radius 1 is 1.31 bits per heavy atom. The zero-order valence-electron chi connectivity index (χ0n) is 9.74. The minimum absolute atomic E-state index is 0.605. The standard InChI is InChI=1S/C13H19N3/c1-9-4-5-14-13(6-9)16-12-7-10-2-3-11(8-12)15-10/h4-6,10-12,15H,2-3,7-8H2,1H3,(H,14,16). The Bertz CT molecular complexity index is 365. The number of aromatic nitrogens is 1. The lowest BCUT2D eigenvalue weighted by Crippen LogP contribution is -2.43. The number of nitrogens with zero attached hydrogens (tertiary/aromatic N) is 1. The van der Waals surface area contributed by atoms with E-state index in [1.807, 2.05) is 12.3 Å². The Morgan fingerprint density at radius 3 is 2.75 bits per heavy atom. The summed E-state index contributed by atoms with van der Waals surface area (Å²) in [6, 6.07) is 6.25. The van der Waals surface area contributed by atoms with Crippen LogP contribution in [-0.2, 0) is 0 Å². The zero-order valence-corrected chi connectivity index (χ0v) is 9.74. The maximum atomic E-state index is 4.37. The highest BCUT2D eigenvalue weighted by Gasteiger charge is 2.33. The van der Waals surface area contributed by atoms with Gasteiger partial charge < -0.3 is 10.6 Å². The maximum Gasteiger partial charge on any atom is 0.126 e. The fraction of sp³-hybridized carbons (Fsp3) is 0.615. The highest BCUT2D eigenvalue weighted by molar-refractivity contribution is 5.38. The van der Waals surface area contributed by atoms with E-state index in [2.05, 4.69) is 28.6 Å². The molecule has 0 saturated carbocycles. The van der Waals surface area contributed by atoms with E-state index in [0.29, 0.717) is 6.04 Å².